The van der Waals surface area contributed by atoms with Crippen LogP contribution in [0, 0.1) is 0 Å². The molecule has 0 radical (unpaired) electrons. The average molecular weight is 587 g/mol. The predicted molar refractivity (Wildman–Crippen MR) is 189 cm³/mol. The lowest BCUT2D eigenvalue weighted by atomic mass is 9.87. The molecule has 0 spiro atoms. The quantitative estimate of drug-likeness (QED) is 0.152. The third-order valence-electron chi connectivity index (χ3n) is 8.77. The molecule has 4 nitrogen and oxygen atoms in total. The van der Waals surface area contributed by atoms with Crippen LogP contribution in [0.4, 0.5) is 0 Å². The molecule has 9 rings (SSSR count). The van der Waals surface area contributed by atoms with Crippen LogP contribution in [-0.4, -0.2) is 19.9 Å². The van der Waals surface area contributed by atoms with Crippen molar-refractivity contribution in [3.8, 4) is 45.0 Å². The summed E-state index contributed by atoms with van der Waals surface area (Å²) in [6.45, 7) is 0. The van der Waals surface area contributed by atoms with Crippen LogP contribution in [0.3, 0.4) is 0 Å². The second-order valence-corrected chi connectivity index (χ2v) is 11.5. The van der Waals surface area contributed by atoms with Crippen LogP contribution in [0.5, 0.6) is 0 Å². The molecule has 0 fully saturated rings. The first-order chi connectivity index (χ1) is 22.8. The summed E-state index contributed by atoms with van der Waals surface area (Å²) in [7, 11) is 0. The van der Waals surface area contributed by atoms with Crippen LogP contribution in [0.15, 0.2) is 158 Å². The molecule has 3 aromatic heterocycles. The lowest BCUT2D eigenvalue weighted by Crippen LogP contribution is -1.94. The maximum absolute atomic E-state index is 5.38. The fraction of sp³-hybridized carbons (Fsp3) is 0. The van der Waals surface area contributed by atoms with Crippen molar-refractivity contribution >= 4 is 43.4 Å². The second-order valence-electron chi connectivity index (χ2n) is 11.5. The topological polar surface area (TPSA) is 51.6 Å². The van der Waals surface area contributed by atoms with E-state index in [4.69, 9.17) is 9.97 Å². The van der Waals surface area contributed by atoms with Crippen molar-refractivity contribution in [3.63, 3.8) is 0 Å². The van der Waals surface area contributed by atoms with E-state index in [2.05, 4.69) is 131 Å². The fourth-order valence-electron chi connectivity index (χ4n) is 6.63. The zero-order valence-corrected chi connectivity index (χ0v) is 24.8. The van der Waals surface area contributed by atoms with Crippen LogP contribution >= 0.6 is 0 Å². The molecule has 0 aliphatic rings. The van der Waals surface area contributed by atoms with Gasteiger partial charge in [-0.2, -0.15) is 0 Å². The summed E-state index contributed by atoms with van der Waals surface area (Å²) >= 11 is 0. The van der Waals surface area contributed by atoms with E-state index in [1.165, 1.54) is 16.3 Å². The molecule has 3 heterocycles. The van der Waals surface area contributed by atoms with Crippen molar-refractivity contribution in [2.45, 2.75) is 0 Å². The molecule has 0 aliphatic carbocycles. The monoisotopic (exact) mass is 586 g/mol. The summed E-state index contributed by atoms with van der Waals surface area (Å²) in [5.41, 5.74) is 9.25. The van der Waals surface area contributed by atoms with Crippen molar-refractivity contribution in [1.29, 1.82) is 0 Å². The van der Waals surface area contributed by atoms with Crippen LogP contribution < -0.4 is 0 Å². The minimum atomic E-state index is 0.722. The van der Waals surface area contributed by atoms with Crippen molar-refractivity contribution in [1.82, 2.24) is 19.9 Å². The van der Waals surface area contributed by atoms with E-state index >= 15 is 0 Å². The number of fused-ring (bicyclic) bond motifs is 5. The Morgan fingerprint density at radius 1 is 0.326 bits per heavy atom. The van der Waals surface area contributed by atoms with Gasteiger partial charge in [0.1, 0.15) is 0 Å². The average Bonchev–Trinajstić information content (AvgIpc) is 3.14. The van der Waals surface area contributed by atoms with E-state index < -0.39 is 0 Å². The summed E-state index contributed by atoms with van der Waals surface area (Å²) in [5.74, 6) is 0.722. The summed E-state index contributed by atoms with van der Waals surface area (Å²) in [4.78, 5) is 19.4. The van der Waals surface area contributed by atoms with Gasteiger partial charge in [0.05, 0.1) is 22.4 Å². The molecular weight excluding hydrogens is 560 g/mol. The lowest BCUT2D eigenvalue weighted by molar-refractivity contribution is 1.18. The lowest BCUT2D eigenvalue weighted by Gasteiger charge is -2.18. The minimum absolute atomic E-state index is 0.722. The molecular formula is C42H26N4. The largest absolute Gasteiger partial charge is 0.245 e. The molecule has 0 N–H and O–H groups in total. The van der Waals surface area contributed by atoms with Crippen molar-refractivity contribution in [2.24, 2.45) is 0 Å². The molecule has 0 atom stereocenters. The Hall–Kier alpha value is -6.26. The van der Waals surface area contributed by atoms with Gasteiger partial charge in [-0.1, -0.05) is 127 Å². The smallest absolute Gasteiger partial charge is 0.159 e. The molecule has 9 aromatic rings. The van der Waals surface area contributed by atoms with Crippen molar-refractivity contribution in [3.05, 3.63) is 158 Å². The van der Waals surface area contributed by atoms with Crippen molar-refractivity contribution in [2.75, 3.05) is 0 Å². The van der Waals surface area contributed by atoms with Crippen LogP contribution in [0.2, 0.25) is 0 Å². The molecule has 0 unspecified atom stereocenters. The summed E-state index contributed by atoms with van der Waals surface area (Å²) in [5, 5.41) is 6.84. The van der Waals surface area contributed by atoms with Gasteiger partial charge in [0, 0.05) is 39.9 Å². The van der Waals surface area contributed by atoms with E-state index in [0.717, 1.165) is 72.0 Å². The number of benzene rings is 6. The molecule has 46 heavy (non-hydrogen) atoms. The van der Waals surface area contributed by atoms with Gasteiger partial charge in [-0.15, -0.1) is 0 Å². The number of pyridine rings is 2. The zero-order valence-electron chi connectivity index (χ0n) is 24.8. The molecule has 0 aliphatic heterocycles. The van der Waals surface area contributed by atoms with E-state index in [9.17, 15) is 0 Å². The Kier molecular flexibility index (Phi) is 6.10. The molecule has 6 aromatic carbocycles. The molecule has 0 bridgehead atoms. The molecule has 4 heteroatoms. The van der Waals surface area contributed by atoms with Gasteiger partial charge in [0.2, 0.25) is 0 Å². The molecule has 0 saturated carbocycles. The highest BCUT2D eigenvalue weighted by Crippen LogP contribution is 2.43. The first-order valence-electron chi connectivity index (χ1n) is 15.4. The zero-order chi connectivity index (χ0) is 30.5. The Morgan fingerprint density at radius 2 is 0.804 bits per heavy atom. The fourth-order valence-corrected chi connectivity index (χ4v) is 6.63. The second kappa shape index (κ2) is 10.7. The predicted octanol–water partition coefficient (Wildman–Crippen LogP) is 10.5. The third-order valence-corrected chi connectivity index (χ3v) is 8.77. The summed E-state index contributed by atoms with van der Waals surface area (Å²) in [6.07, 6.45) is 3.55. The third kappa shape index (κ3) is 4.31. The summed E-state index contributed by atoms with van der Waals surface area (Å²) in [6, 6.07) is 50.9. The van der Waals surface area contributed by atoms with Crippen LogP contribution in [0.25, 0.3) is 88.4 Å². The van der Waals surface area contributed by atoms with Crippen molar-refractivity contribution < 1.29 is 0 Å². The standard InChI is InChI=1S/C42H26N4/c1-2-9-27(10-3-1)36-23-21-29-17-18-30-22-24-37(46-41(30)40(29)45-36)39-34-13-6-4-11-32(34)38(33-12-5-7-14-35(33)39)28-15-19-31(20-16-28)42-43-25-8-26-44-42/h1-26H. The van der Waals surface area contributed by atoms with Gasteiger partial charge in [-0.3, -0.25) is 0 Å². The van der Waals surface area contributed by atoms with Gasteiger partial charge in [0.25, 0.3) is 0 Å². The van der Waals surface area contributed by atoms with E-state index in [1.54, 1.807) is 12.4 Å². The van der Waals surface area contributed by atoms with Gasteiger partial charge in [-0.05, 0) is 50.9 Å². The summed E-state index contributed by atoms with van der Waals surface area (Å²) < 4.78 is 0. The maximum atomic E-state index is 5.38. The van der Waals surface area contributed by atoms with Crippen LogP contribution in [-0.2, 0) is 0 Å². The number of aromatic nitrogens is 4. The first kappa shape index (κ1) is 26.2. The maximum Gasteiger partial charge on any atom is 0.159 e. The highest BCUT2D eigenvalue weighted by molar-refractivity contribution is 6.21. The van der Waals surface area contributed by atoms with Gasteiger partial charge >= 0.3 is 0 Å². The minimum Gasteiger partial charge on any atom is -0.245 e. The molecule has 214 valence electrons. The van der Waals surface area contributed by atoms with E-state index in [0.29, 0.717) is 0 Å². The Bertz CT molecular complexity index is 2500. The number of nitrogens with zero attached hydrogens (tertiary/aromatic N) is 4. The first-order valence-corrected chi connectivity index (χ1v) is 15.4. The Labute approximate surface area is 265 Å². The van der Waals surface area contributed by atoms with Gasteiger partial charge < -0.3 is 0 Å². The highest BCUT2D eigenvalue weighted by atomic mass is 14.8. The Morgan fingerprint density at radius 3 is 1.41 bits per heavy atom. The number of rotatable bonds is 4. The highest BCUT2D eigenvalue weighted by Gasteiger charge is 2.18. The van der Waals surface area contributed by atoms with Crippen LogP contribution in [0.1, 0.15) is 0 Å². The molecule has 0 saturated heterocycles. The van der Waals surface area contributed by atoms with Gasteiger partial charge in [0.15, 0.2) is 5.82 Å². The normalized spacial score (nSPS) is 11.5. The van der Waals surface area contributed by atoms with E-state index in [-0.39, 0.29) is 0 Å². The number of hydrogen-bond acceptors (Lipinski definition) is 4. The van der Waals surface area contributed by atoms with Gasteiger partial charge in [-0.25, -0.2) is 19.9 Å². The SMILES string of the molecule is c1ccc(-c2ccc3ccc4ccc(-c5c6ccccc6c(-c6ccc(-c7ncccn7)cc6)c6ccccc56)nc4c3n2)cc1. The number of hydrogen-bond donors (Lipinski definition) is 0. The molecule has 0 amide bonds. The Balaban J connectivity index is 1.28. The van der Waals surface area contributed by atoms with E-state index in [1.807, 2.05) is 24.3 Å².